The van der Waals surface area contributed by atoms with Crippen LogP contribution in [-0.2, 0) is 17.6 Å². The molecule has 1 saturated heterocycles. The topological polar surface area (TPSA) is 72.1 Å². The van der Waals surface area contributed by atoms with E-state index in [-0.39, 0.29) is 17.7 Å². The van der Waals surface area contributed by atoms with E-state index in [4.69, 9.17) is 5.73 Å². The summed E-state index contributed by atoms with van der Waals surface area (Å²) in [4.78, 5) is 22.9. The van der Waals surface area contributed by atoms with Crippen LogP contribution in [-0.4, -0.2) is 33.9 Å². The number of likely N-dealkylation sites (tertiary alicyclic amines) is 1. The van der Waals surface area contributed by atoms with Crippen LogP contribution in [0.25, 0.3) is 0 Å². The number of hydrogen-bond acceptors (Lipinski definition) is 4. The van der Waals surface area contributed by atoms with E-state index in [1.807, 2.05) is 30.9 Å². The van der Waals surface area contributed by atoms with Crippen molar-refractivity contribution in [1.29, 1.82) is 0 Å². The maximum atomic E-state index is 13.0. The number of aromatic nitrogens is 2. The lowest BCUT2D eigenvalue weighted by Gasteiger charge is -2.32. The molecule has 0 unspecified atom stereocenters. The minimum atomic E-state index is -0.202. The number of carbonyl (C=O) groups is 1. The van der Waals surface area contributed by atoms with Crippen molar-refractivity contribution in [3.8, 4) is 0 Å². The summed E-state index contributed by atoms with van der Waals surface area (Å²) < 4.78 is 13.0. The van der Waals surface area contributed by atoms with Gasteiger partial charge in [-0.15, -0.1) is 0 Å². The molecule has 2 N–H and O–H groups in total. The molecule has 3 rings (SSSR count). The second-order valence-corrected chi connectivity index (χ2v) is 7.06. The fraction of sp³-hybridized carbons (Fsp3) is 0.450. The normalized spacial score (nSPS) is 15.3. The molecule has 138 valence electrons. The van der Waals surface area contributed by atoms with Crippen LogP contribution in [0.1, 0.15) is 35.4 Å². The summed E-state index contributed by atoms with van der Waals surface area (Å²) in [6, 6.07) is 6.71. The Balaban J connectivity index is 1.54. The van der Waals surface area contributed by atoms with Crippen molar-refractivity contribution in [2.45, 2.75) is 39.5 Å². The molecule has 2 aromatic rings. The van der Waals surface area contributed by atoms with Crippen LogP contribution < -0.4 is 5.73 Å². The van der Waals surface area contributed by atoms with E-state index in [1.54, 1.807) is 0 Å². The number of nitrogen functional groups attached to an aromatic ring is 1. The van der Waals surface area contributed by atoms with Gasteiger partial charge in [0.25, 0.3) is 0 Å². The van der Waals surface area contributed by atoms with E-state index in [1.165, 1.54) is 12.1 Å². The Morgan fingerprint density at radius 3 is 2.31 bits per heavy atom. The summed E-state index contributed by atoms with van der Waals surface area (Å²) in [5.74, 6) is 0.696. The first kappa shape index (κ1) is 18.3. The van der Waals surface area contributed by atoms with Crippen LogP contribution >= 0.6 is 0 Å². The molecule has 1 aliphatic heterocycles. The van der Waals surface area contributed by atoms with Crippen molar-refractivity contribution in [2.24, 2.45) is 5.92 Å². The standard InChI is InChI=1S/C20H25FN4O/c1-13-18(14(2)24-20(22)23-13)12-19(26)25-9-7-16(8-10-25)11-15-3-5-17(21)6-4-15/h3-6,16H,7-12H2,1-2H3,(H2,22,23,24). The molecule has 6 heteroatoms. The molecule has 1 aromatic carbocycles. The van der Waals surface area contributed by atoms with Gasteiger partial charge in [-0.25, -0.2) is 14.4 Å². The SMILES string of the molecule is Cc1nc(N)nc(C)c1CC(=O)N1CCC(Cc2ccc(F)cc2)CC1. The molecule has 0 bridgehead atoms. The lowest BCUT2D eigenvalue weighted by Crippen LogP contribution is -2.40. The van der Waals surface area contributed by atoms with Crippen LogP contribution in [0.3, 0.4) is 0 Å². The number of hydrogen-bond donors (Lipinski definition) is 1. The Labute approximate surface area is 153 Å². The number of anilines is 1. The van der Waals surface area contributed by atoms with E-state index in [0.29, 0.717) is 12.3 Å². The van der Waals surface area contributed by atoms with Crippen LogP contribution in [0.4, 0.5) is 10.3 Å². The van der Waals surface area contributed by atoms with E-state index in [9.17, 15) is 9.18 Å². The number of nitrogens with zero attached hydrogens (tertiary/aromatic N) is 3. The summed E-state index contributed by atoms with van der Waals surface area (Å²) in [5, 5.41) is 0. The van der Waals surface area contributed by atoms with E-state index < -0.39 is 0 Å². The second kappa shape index (κ2) is 7.81. The Hall–Kier alpha value is -2.50. The number of benzene rings is 1. The maximum Gasteiger partial charge on any atom is 0.227 e. The van der Waals surface area contributed by atoms with Crippen LogP contribution in [0.5, 0.6) is 0 Å². The molecule has 0 spiro atoms. The quantitative estimate of drug-likeness (QED) is 0.914. The number of carbonyl (C=O) groups excluding carboxylic acids is 1. The number of halogens is 1. The van der Waals surface area contributed by atoms with Gasteiger partial charge in [-0.2, -0.15) is 0 Å². The van der Waals surface area contributed by atoms with E-state index in [0.717, 1.165) is 54.9 Å². The minimum Gasteiger partial charge on any atom is -0.368 e. The highest BCUT2D eigenvalue weighted by molar-refractivity contribution is 5.79. The fourth-order valence-electron chi connectivity index (χ4n) is 3.62. The number of aryl methyl sites for hydroxylation is 2. The first-order valence-corrected chi connectivity index (χ1v) is 9.04. The number of amides is 1. The van der Waals surface area contributed by atoms with E-state index in [2.05, 4.69) is 9.97 Å². The zero-order valence-corrected chi connectivity index (χ0v) is 15.3. The van der Waals surface area contributed by atoms with Gasteiger partial charge in [0, 0.05) is 30.0 Å². The van der Waals surface area contributed by atoms with Crippen molar-refractivity contribution in [3.63, 3.8) is 0 Å². The highest BCUT2D eigenvalue weighted by atomic mass is 19.1. The van der Waals surface area contributed by atoms with Gasteiger partial charge in [-0.05, 0) is 56.7 Å². The molecule has 5 nitrogen and oxygen atoms in total. The predicted octanol–water partition coefficient (Wildman–Crippen LogP) is 2.84. The summed E-state index contributed by atoms with van der Waals surface area (Å²) in [6.45, 7) is 5.25. The Morgan fingerprint density at radius 1 is 1.15 bits per heavy atom. The number of piperidine rings is 1. The van der Waals surface area contributed by atoms with E-state index >= 15 is 0 Å². The third-order valence-corrected chi connectivity index (χ3v) is 5.17. The van der Waals surface area contributed by atoms with Crippen molar-refractivity contribution < 1.29 is 9.18 Å². The smallest absolute Gasteiger partial charge is 0.227 e. The average molecular weight is 356 g/mol. The number of nitrogens with two attached hydrogens (primary N) is 1. The van der Waals surface area contributed by atoms with Crippen LogP contribution in [0, 0.1) is 25.6 Å². The van der Waals surface area contributed by atoms with Gasteiger partial charge in [0.1, 0.15) is 5.82 Å². The van der Waals surface area contributed by atoms with Crippen LogP contribution in [0.15, 0.2) is 24.3 Å². The highest BCUT2D eigenvalue weighted by Crippen LogP contribution is 2.23. The zero-order chi connectivity index (χ0) is 18.7. The van der Waals surface area contributed by atoms with Gasteiger partial charge in [0.2, 0.25) is 11.9 Å². The fourth-order valence-corrected chi connectivity index (χ4v) is 3.62. The van der Waals surface area contributed by atoms with Gasteiger partial charge in [0.05, 0.1) is 6.42 Å². The average Bonchev–Trinajstić information content (AvgIpc) is 2.60. The Morgan fingerprint density at radius 2 is 1.73 bits per heavy atom. The predicted molar refractivity (Wildman–Crippen MR) is 99.0 cm³/mol. The van der Waals surface area contributed by atoms with Crippen molar-refractivity contribution >= 4 is 11.9 Å². The zero-order valence-electron chi connectivity index (χ0n) is 15.3. The summed E-state index contributed by atoms with van der Waals surface area (Å²) >= 11 is 0. The third kappa shape index (κ3) is 4.36. The molecule has 0 radical (unpaired) electrons. The molecular weight excluding hydrogens is 331 g/mol. The molecule has 0 aliphatic carbocycles. The monoisotopic (exact) mass is 356 g/mol. The number of rotatable bonds is 4. The molecule has 26 heavy (non-hydrogen) atoms. The van der Waals surface area contributed by atoms with Crippen LogP contribution in [0.2, 0.25) is 0 Å². The summed E-state index contributed by atoms with van der Waals surface area (Å²) in [7, 11) is 0. The van der Waals surface area contributed by atoms with Crippen molar-refractivity contribution in [3.05, 3.63) is 52.6 Å². The van der Waals surface area contributed by atoms with Gasteiger partial charge < -0.3 is 10.6 Å². The lowest BCUT2D eigenvalue weighted by molar-refractivity contribution is -0.131. The van der Waals surface area contributed by atoms with Crippen molar-refractivity contribution in [1.82, 2.24) is 14.9 Å². The molecule has 1 amide bonds. The maximum absolute atomic E-state index is 13.0. The van der Waals surface area contributed by atoms with Gasteiger partial charge in [-0.3, -0.25) is 4.79 Å². The Bertz CT molecular complexity index is 760. The van der Waals surface area contributed by atoms with Gasteiger partial charge in [-0.1, -0.05) is 12.1 Å². The summed E-state index contributed by atoms with van der Waals surface area (Å²) in [5.41, 5.74) is 9.22. The molecule has 1 aliphatic rings. The molecule has 1 aromatic heterocycles. The molecule has 1 fully saturated rings. The summed E-state index contributed by atoms with van der Waals surface area (Å²) in [6.07, 6.45) is 3.20. The van der Waals surface area contributed by atoms with Gasteiger partial charge >= 0.3 is 0 Å². The largest absolute Gasteiger partial charge is 0.368 e. The molecule has 2 heterocycles. The Kier molecular flexibility index (Phi) is 5.49. The first-order valence-electron chi connectivity index (χ1n) is 9.04. The minimum absolute atomic E-state index is 0.116. The van der Waals surface area contributed by atoms with Gasteiger partial charge in [0.15, 0.2) is 0 Å². The third-order valence-electron chi connectivity index (χ3n) is 5.17. The molecule has 0 saturated carbocycles. The molecule has 0 atom stereocenters. The lowest BCUT2D eigenvalue weighted by atomic mass is 9.90. The highest BCUT2D eigenvalue weighted by Gasteiger charge is 2.24. The second-order valence-electron chi connectivity index (χ2n) is 7.06. The van der Waals surface area contributed by atoms with Crippen molar-refractivity contribution in [2.75, 3.05) is 18.8 Å². The molecular formula is C20H25FN4O. The first-order chi connectivity index (χ1) is 12.4.